The van der Waals surface area contributed by atoms with Gasteiger partial charge in [0.25, 0.3) is 0 Å². The summed E-state index contributed by atoms with van der Waals surface area (Å²) in [7, 11) is 0. The van der Waals surface area contributed by atoms with Gasteiger partial charge in [-0.15, -0.1) is 0 Å². The molecule has 112 valence electrons. The molecule has 0 amide bonds. The Bertz CT molecular complexity index is 426. The molecule has 0 spiro atoms. The molecule has 6 nitrogen and oxygen atoms in total. The Hall–Kier alpha value is -1.56. The van der Waals surface area contributed by atoms with Gasteiger partial charge >= 0.3 is 0 Å². The number of piperidine rings is 1. The summed E-state index contributed by atoms with van der Waals surface area (Å²) >= 11 is 0. The molecule has 1 unspecified atom stereocenters. The zero-order valence-corrected chi connectivity index (χ0v) is 12.4. The monoisotopic (exact) mass is 279 g/mol. The normalized spacial score (nSPS) is 19.1. The Balaban J connectivity index is 2.05. The van der Waals surface area contributed by atoms with Crippen LogP contribution in [0.4, 0.5) is 17.6 Å². The van der Waals surface area contributed by atoms with Gasteiger partial charge in [-0.3, -0.25) is 0 Å². The molecule has 0 radical (unpaired) electrons. The van der Waals surface area contributed by atoms with Gasteiger partial charge < -0.3 is 20.7 Å². The molecule has 1 aliphatic rings. The van der Waals surface area contributed by atoms with E-state index >= 15 is 0 Å². The Morgan fingerprint density at radius 2 is 2.30 bits per heavy atom. The van der Waals surface area contributed by atoms with Crippen molar-refractivity contribution in [2.75, 3.05) is 42.2 Å². The van der Waals surface area contributed by atoms with E-state index in [4.69, 9.17) is 10.5 Å². The summed E-state index contributed by atoms with van der Waals surface area (Å²) in [6, 6.07) is 1.96. The number of hydrogen-bond donors (Lipinski definition) is 2. The topological polar surface area (TPSA) is 76.3 Å². The molecule has 6 heteroatoms. The first-order valence-electron chi connectivity index (χ1n) is 7.48. The summed E-state index contributed by atoms with van der Waals surface area (Å²) in [5, 5.41) is 3.18. The molecule has 0 aromatic carbocycles. The molecule has 0 bridgehead atoms. The Morgan fingerprint density at radius 3 is 3.05 bits per heavy atom. The van der Waals surface area contributed by atoms with Gasteiger partial charge in [-0.05, 0) is 26.2 Å². The van der Waals surface area contributed by atoms with Crippen LogP contribution in [0.1, 0.15) is 33.1 Å². The first-order chi connectivity index (χ1) is 9.72. The third-order valence-corrected chi connectivity index (χ3v) is 3.35. The van der Waals surface area contributed by atoms with Gasteiger partial charge in [-0.2, -0.15) is 9.97 Å². The summed E-state index contributed by atoms with van der Waals surface area (Å²) < 4.78 is 5.86. The number of ether oxygens (including phenoxy) is 1. The minimum atomic E-state index is 0.294. The fourth-order valence-corrected chi connectivity index (χ4v) is 2.45. The molecule has 1 aromatic rings. The molecule has 1 fully saturated rings. The highest BCUT2D eigenvalue weighted by atomic mass is 16.5. The van der Waals surface area contributed by atoms with Crippen LogP contribution in [0.2, 0.25) is 0 Å². The van der Waals surface area contributed by atoms with Crippen molar-refractivity contribution in [3.05, 3.63) is 6.07 Å². The summed E-state index contributed by atoms with van der Waals surface area (Å²) in [5.41, 5.74) is 5.79. The molecule has 0 saturated carbocycles. The fourth-order valence-electron chi connectivity index (χ4n) is 2.45. The number of nitrogens with two attached hydrogens (primary N) is 1. The highest BCUT2D eigenvalue weighted by molar-refractivity contribution is 5.52. The van der Waals surface area contributed by atoms with Crippen LogP contribution in [0.5, 0.6) is 0 Å². The van der Waals surface area contributed by atoms with Crippen LogP contribution in [0.15, 0.2) is 6.07 Å². The van der Waals surface area contributed by atoms with Crippen LogP contribution in [0, 0.1) is 0 Å². The van der Waals surface area contributed by atoms with Gasteiger partial charge in [0.15, 0.2) is 0 Å². The number of aromatic nitrogens is 2. The summed E-state index contributed by atoms with van der Waals surface area (Å²) in [5.74, 6) is 1.99. The lowest BCUT2D eigenvalue weighted by Crippen LogP contribution is -2.40. The van der Waals surface area contributed by atoms with Crippen molar-refractivity contribution in [1.29, 1.82) is 0 Å². The zero-order chi connectivity index (χ0) is 14.4. The van der Waals surface area contributed by atoms with Crippen LogP contribution >= 0.6 is 0 Å². The molecule has 1 atom stereocenters. The van der Waals surface area contributed by atoms with Crippen molar-refractivity contribution in [3.63, 3.8) is 0 Å². The first-order valence-corrected chi connectivity index (χ1v) is 7.48. The molecular weight excluding hydrogens is 254 g/mol. The van der Waals surface area contributed by atoms with E-state index in [9.17, 15) is 0 Å². The van der Waals surface area contributed by atoms with Crippen molar-refractivity contribution in [1.82, 2.24) is 9.97 Å². The number of nitrogen functional groups attached to an aromatic ring is 1. The van der Waals surface area contributed by atoms with Gasteiger partial charge in [0.2, 0.25) is 5.95 Å². The molecule has 1 saturated heterocycles. The van der Waals surface area contributed by atoms with Gasteiger partial charge in [-0.1, -0.05) is 6.92 Å². The van der Waals surface area contributed by atoms with Crippen LogP contribution in [-0.2, 0) is 4.74 Å². The summed E-state index contributed by atoms with van der Waals surface area (Å²) in [6.45, 7) is 7.68. The van der Waals surface area contributed by atoms with Gasteiger partial charge in [0.05, 0.1) is 6.10 Å². The maximum Gasteiger partial charge on any atom is 0.223 e. The van der Waals surface area contributed by atoms with Crippen LogP contribution in [0.25, 0.3) is 0 Å². The highest BCUT2D eigenvalue weighted by Crippen LogP contribution is 2.22. The SMILES string of the molecule is CCCOC1CCCN(c2cc(NCC)nc(N)n2)C1. The average Bonchev–Trinajstić information content (AvgIpc) is 2.45. The average molecular weight is 279 g/mol. The third kappa shape index (κ3) is 3.96. The van der Waals surface area contributed by atoms with Crippen LogP contribution in [-0.4, -0.2) is 42.3 Å². The smallest absolute Gasteiger partial charge is 0.223 e. The van der Waals surface area contributed by atoms with Gasteiger partial charge in [0, 0.05) is 32.3 Å². The predicted molar refractivity (Wildman–Crippen MR) is 82.1 cm³/mol. The minimum Gasteiger partial charge on any atom is -0.376 e. The van der Waals surface area contributed by atoms with Gasteiger partial charge in [0.1, 0.15) is 11.6 Å². The van der Waals surface area contributed by atoms with E-state index in [2.05, 4.69) is 27.1 Å². The Morgan fingerprint density at radius 1 is 1.45 bits per heavy atom. The van der Waals surface area contributed by atoms with Crippen LogP contribution < -0.4 is 16.0 Å². The molecular formula is C14H25N5O. The van der Waals surface area contributed by atoms with Crippen LogP contribution in [0.3, 0.4) is 0 Å². The van der Waals surface area contributed by atoms with Crippen molar-refractivity contribution in [2.45, 2.75) is 39.2 Å². The first kappa shape index (κ1) is 14.8. The second-order valence-corrected chi connectivity index (χ2v) is 5.08. The van der Waals surface area contributed by atoms with E-state index in [1.165, 1.54) is 0 Å². The molecule has 0 aliphatic carbocycles. The second kappa shape index (κ2) is 7.28. The number of anilines is 3. The quantitative estimate of drug-likeness (QED) is 0.828. The summed E-state index contributed by atoms with van der Waals surface area (Å²) in [6.07, 6.45) is 3.59. The molecule has 1 aromatic heterocycles. The second-order valence-electron chi connectivity index (χ2n) is 5.08. The maximum absolute atomic E-state index is 5.86. The lowest BCUT2D eigenvalue weighted by molar-refractivity contribution is 0.0439. The highest BCUT2D eigenvalue weighted by Gasteiger charge is 2.22. The van der Waals surface area contributed by atoms with E-state index in [1.807, 2.05) is 13.0 Å². The largest absolute Gasteiger partial charge is 0.376 e. The fraction of sp³-hybridized carbons (Fsp3) is 0.714. The van der Waals surface area contributed by atoms with E-state index in [1.54, 1.807) is 0 Å². The van der Waals surface area contributed by atoms with Crippen molar-refractivity contribution in [3.8, 4) is 0 Å². The van der Waals surface area contributed by atoms with E-state index in [-0.39, 0.29) is 0 Å². The molecule has 2 heterocycles. The molecule has 3 N–H and O–H groups in total. The number of nitrogens with zero attached hydrogens (tertiary/aromatic N) is 3. The lowest BCUT2D eigenvalue weighted by atomic mass is 10.1. The minimum absolute atomic E-state index is 0.294. The van der Waals surface area contributed by atoms with E-state index < -0.39 is 0 Å². The Labute approximate surface area is 120 Å². The maximum atomic E-state index is 5.86. The third-order valence-electron chi connectivity index (χ3n) is 3.35. The predicted octanol–water partition coefficient (Wildman–Crippen LogP) is 1.89. The number of hydrogen-bond acceptors (Lipinski definition) is 6. The van der Waals surface area contributed by atoms with Crippen molar-refractivity contribution >= 4 is 17.6 Å². The van der Waals surface area contributed by atoms with Crippen molar-refractivity contribution < 1.29 is 4.74 Å². The van der Waals surface area contributed by atoms with Gasteiger partial charge in [-0.25, -0.2) is 0 Å². The molecule has 2 rings (SSSR count). The summed E-state index contributed by atoms with van der Waals surface area (Å²) in [4.78, 5) is 10.8. The van der Waals surface area contributed by atoms with E-state index in [0.717, 1.165) is 57.1 Å². The molecule has 20 heavy (non-hydrogen) atoms. The van der Waals surface area contributed by atoms with Crippen molar-refractivity contribution in [2.24, 2.45) is 0 Å². The zero-order valence-electron chi connectivity index (χ0n) is 12.4. The van der Waals surface area contributed by atoms with E-state index in [0.29, 0.717) is 12.1 Å². The number of nitrogens with one attached hydrogen (secondary N) is 1. The Kier molecular flexibility index (Phi) is 5.40. The lowest BCUT2D eigenvalue weighted by Gasteiger charge is -2.33. The standard InChI is InChI=1S/C14H25N5O/c1-3-8-20-11-6-5-7-19(10-11)13-9-12(16-4-2)17-14(15)18-13/h9,11H,3-8,10H2,1-2H3,(H3,15,16,17,18). The molecule has 1 aliphatic heterocycles. The number of rotatable bonds is 6.